The highest BCUT2D eigenvalue weighted by Gasteiger charge is 2.04. The van der Waals surface area contributed by atoms with Gasteiger partial charge >= 0.3 is 6.03 Å². The Bertz CT molecular complexity index is 540. The van der Waals surface area contributed by atoms with Crippen LogP contribution in [0.3, 0.4) is 0 Å². The summed E-state index contributed by atoms with van der Waals surface area (Å²) in [5.41, 5.74) is 0.951. The van der Waals surface area contributed by atoms with Gasteiger partial charge in [0.05, 0.1) is 0 Å². The summed E-state index contributed by atoms with van der Waals surface area (Å²) in [5, 5.41) is 3.98. The molecule has 0 saturated heterocycles. The quantitative estimate of drug-likeness (QED) is 0.941. The minimum atomic E-state index is -0.211. The van der Waals surface area contributed by atoms with Crippen LogP contribution in [0.25, 0.3) is 0 Å². The van der Waals surface area contributed by atoms with Gasteiger partial charge in [-0.2, -0.15) is 0 Å². The van der Waals surface area contributed by atoms with Gasteiger partial charge in [0.2, 0.25) is 0 Å². The van der Waals surface area contributed by atoms with E-state index in [1.165, 1.54) is 10.9 Å². The van der Waals surface area contributed by atoms with Crippen LogP contribution in [0.15, 0.2) is 36.9 Å². The summed E-state index contributed by atoms with van der Waals surface area (Å²) in [5.74, 6) is 0. The Kier molecular flexibility index (Phi) is 4.23. The smallest absolute Gasteiger partial charge is 0.326 e. The van der Waals surface area contributed by atoms with Crippen LogP contribution in [0.1, 0.15) is 5.56 Å². The first-order chi connectivity index (χ1) is 8.66. The molecule has 0 atom stereocenters. The second-order valence-corrected chi connectivity index (χ2v) is 4.53. The third-order valence-corrected chi connectivity index (χ3v) is 3.01. The Morgan fingerprint density at radius 1 is 1.39 bits per heavy atom. The van der Waals surface area contributed by atoms with E-state index in [-0.39, 0.29) is 6.03 Å². The molecule has 0 spiro atoms. The van der Waals surface area contributed by atoms with Crippen LogP contribution in [0.2, 0.25) is 10.0 Å². The van der Waals surface area contributed by atoms with Gasteiger partial charge in [-0.1, -0.05) is 29.3 Å². The molecule has 1 aromatic heterocycles. The molecule has 2 aromatic rings. The van der Waals surface area contributed by atoms with E-state index in [0.29, 0.717) is 23.0 Å². The van der Waals surface area contributed by atoms with E-state index in [4.69, 9.17) is 23.2 Å². The minimum absolute atomic E-state index is 0.211. The van der Waals surface area contributed by atoms with Crippen molar-refractivity contribution in [3.05, 3.63) is 52.5 Å². The molecule has 0 aliphatic rings. The predicted octanol–water partition coefficient (Wildman–Crippen LogP) is 2.99. The molecule has 1 aromatic carbocycles. The molecule has 0 saturated carbocycles. The standard InChI is InChI=1S/C12H11Cl2N3O/c13-10-2-1-9(11(14)7-10)3-4-16-12(18)17-6-5-15-8-17/h1-2,5-8H,3-4H2,(H,16,18). The molecule has 6 heteroatoms. The second kappa shape index (κ2) is 5.89. The lowest BCUT2D eigenvalue weighted by Crippen LogP contribution is -2.29. The Morgan fingerprint density at radius 2 is 2.22 bits per heavy atom. The number of aromatic nitrogens is 2. The van der Waals surface area contributed by atoms with Crippen LogP contribution in [0.4, 0.5) is 4.79 Å². The van der Waals surface area contributed by atoms with Gasteiger partial charge in [0.25, 0.3) is 0 Å². The first kappa shape index (κ1) is 12.9. The van der Waals surface area contributed by atoms with Gasteiger partial charge in [0, 0.05) is 29.0 Å². The summed E-state index contributed by atoms with van der Waals surface area (Å²) in [6.07, 6.45) is 5.24. The Hall–Kier alpha value is -1.52. The van der Waals surface area contributed by atoms with Crippen molar-refractivity contribution >= 4 is 29.2 Å². The SMILES string of the molecule is O=C(NCCc1ccc(Cl)cc1Cl)n1ccnc1. The predicted molar refractivity (Wildman–Crippen MR) is 71.2 cm³/mol. The van der Waals surface area contributed by atoms with Crippen molar-refractivity contribution in [1.29, 1.82) is 0 Å². The molecule has 0 aliphatic carbocycles. The molecule has 18 heavy (non-hydrogen) atoms. The highest BCUT2D eigenvalue weighted by Crippen LogP contribution is 2.20. The Morgan fingerprint density at radius 3 is 2.89 bits per heavy atom. The topological polar surface area (TPSA) is 46.9 Å². The number of rotatable bonds is 3. The van der Waals surface area contributed by atoms with Crippen LogP contribution in [-0.2, 0) is 6.42 Å². The van der Waals surface area contributed by atoms with Gasteiger partial charge in [-0.05, 0) is 24.1 Å². The number of halogens is 2. The molecular weight excluding hydrogens is 273 g/mol. The second-order valence-electron chi connectivity index (χ2n) is 3.69. The number of hydrogen-bond donors (Lipinski definition) is 1. The molecule has 0 radical (unpaired) electrons. The zero-order valence-corrected chi connectivity index (χ0v) is 10.9. The number of carbonyl (C=O) groups excluding carboxylic acids is 1. The number of nitrogens with zero attached hydrogens (tertiary/aromatic N) is 2. The third kappa shape index (κ3) is 3.24. The maximum Gasteiger partial charge on any atom is 0.326 e. The van der Waals surface area contributed by atoms with Gasteiger partial charge < -0.3 is 5.32 Å². The third-order valence-electron chi connectivity index (χ3n) is 2.42. The minimum Gasteiger partial charge on any atom is -0.337 e. The number of nitrogens with one attached hydrogen (secondary N) is 1. The van der Waals surface area contributed by atoms with Crippen molar-refractivity contribution in [2.24, 2.45) is 0 Å². The fourth-order valence-electron chi connectivity index (χ4n) is 1.50. The van der Waals surface area contributed by atoms with Crippen molar-refractivity contribution in [3.63, 3.8) is 0 Å². The lowest BCUT2D eigenvalue weighted by molar-refractivity contribution is 0.242. The Balaban J connectivity index is 1.87. The maximum absolute atomic E-state index is 11.6. The zero-order valence-electron chi connectivity index (χ0n) is 9.44. The first-order valence-electron chi connectivity index (χ1n) is 5.37. The summed E-state index contributed by atoms with van der Waals surface area (Å²) in [6, 6.07) is 5.11. The molecule has 0 fully saturated rings. The normalized spacial score (nSPS) is 10.3. The molecule has 2 rings (SSSR count). The summed E-state index contributed by atoms with van der Waals surface area (Å²) in [6.45, 7) is 0.498. The van der Waals surface area contributed by atoms with Crippen LogP contribution in [-0.4, -0.2) is 22.1 Å². The molecular formula is C12H11Cl2N3O. The highest BCUT2D eigenvalue weighted by molar-refractivity contribution is 6.35. The number of hydrogen-bond acceptors (Lipinski definition) is 2. The van der Waals surface area contributed by atoms with Gasteiger partial charge in [-0.25, -0.2) is 9.78 Å². The van der Waals surface area contributed by atoms with Crippen molar-refractivity contribution in [2.45, 2.75) is 6.42 Å². The van der Waals surface area contributed by atoms with E-state index >= 15 is 0 Å². The van der Waals surface area contributed by atoms with Crippen molar-refractivity contribution < 1.29 is 4.79 Å². The van der Waals surface area contributed by atoms with E-state index in [9.17, 15) is 4.79 Å². The van der Waals surface area contributed by atoms with E-state index in [0.717, 1.165) is 5.56 Å². The molecule has 1 amide bonds. The summed E-state index contributed by atoms with van der Waals surface area (Å²) in [7, 11) is 0. The van der Waals surface area contributed by atoms with Crippen molar-refractivity contribution in [1.82, 2.24) is 14.9 Å². The van der Waals surface area contributed by atoms with Crippen molar-refractivity contribution in [2.75, 3.05) is 6.54 Å². The van der Waals surface area contributed by atoms with Gasteiger partial charge in [-0.3, -0.25) is 4.57 Å². The Labute approximate surface area is 115 Å². The zero-order chi connectivity index (χ0) is 13.0. The number of carbonyl (C=O) groups is 1. The lowest BCUT2D eigenvalue weighted by atomic mass is 10.1. The van der Waals surface area contributed by atoms with Gasteiger partial charge in [-0.15, -0.1) is 0 Å². The van der Waals surface area contributed by atoms with Crippen LogP contribution in [0.5, 0.6) is 0 Å². The van der Waals surface area contributed by atoms with Gasteiger partial charge in [0.15, 0.2) is 0 Å². The molecule has 1 N–H and O–H groups in total. The highest BCUT2D eigenvalue weighted by atomic mass is 35.5. The summed E-state index contributed by atoms with van der Waals surface area (Å²) >= 11 is 11.8. The van der Waals surface area contributed by atoms with E-state index < -0.39 is 0 Å². The number of imidazole rings is 1. The first-order valence-corrected chi connectivity index (χ1v) is 6.12. The molecule has 94 valence electrons. The molecule has 0 unspecified atom stereocenters. The number of benzene rings is 1. The molecule has 0 bridgehead atoms. The van der Waals surface area contributed by atoms with Crippen LogP contribution in [0, 0.1) is 0 Å². The largest absolute Gasteiger partial charge is 0.337 e. The fraction of sp³-hybridized carbons (Fsp3) is 0.167. The molecule has 4 nitrogen and oxygen atoms in total. The number of amides is 1. The monoisotopic (exact) mass is 283 g/mol. The van der Waals surface area contributed by atoms with Crippen molar-refractivity contribution in [3.8, 4) is 0 Å². The van der Waals surface area contributed by atoms with Crippen LogP contribution >= 0.6 is 23.2 Å². The van der Waals surface area contributed by atoms with Crippen LogP contribution < -0.4 is 5.32 Å². The van der Waals surface area contributed by atoms with E-state index in [2.05, 4.69) is 10.3 Å². The maximum atomic E-state index is 11.6. The summed E-state index contributed by atoms with van der Waals surface area (Å²) in [4.78, 5) is 15.4. The summed E-state index contributed by atoms with van der Waals surface area (Å²) < 4.78 is 1.38. The van der Waals surface area contributed by atoms with E-state index in [1.54, 1.807) is 24.5 Å². The molecule has 0 aliphatic heterocycles. The molecule has 1 heterocycles. The average Bonchev–Trinajstić information content (AvgIpc) is 2.85. The fourth-order valence-corrected chi connectivity index (χ4v) is 2.00. The average molecular weight is 284 g/mol. The van der Waals surface area contributed by atoms with E-state index in [1.807, 2.05) is 6.07 Å². The lowest BCUT2D eigenvalue weighted by Gasteiger charge is -2.07. The van der Waals surface area contributed by atoms with Gasteiger partial charge in [0.1, 0.15) is 6.33 Å².